The Labute approximate surface area is 134 Å². The molecule has 0 radical (unpaired) electrons. The number of carboxylic acids is 1. The number of likely N-dealkylation sites (N-methyl/N-ethyl adjacent to an activating group) is 1. The predicted octanol–water partition coefficient (Wildman–Crippen LogP) is 1.36. The number of ether oxygens (including phenoxy) is 1. The first-order valence-corrected chi connectivity index (χ1v) is 7.26. The van der Waals surface area contributed by atoms with Gasteiger partial charge in [0, 0.05) is 24.1 Å². The first-order valence-electron chi connectivity index (χ1n) is 7.26. The van der Waals surface area contributed by atoms with Crippen LogP contribution in [0, 0.1) is 0 Å². The Morgan fingerprint density at radius 2 is 1.70 bits per heavy atom. The third-order valence-electron chi connectivity index (χ3n) is 4.29. The van der Waals surface area contributed by atoms with Gasteiger partial charge in [-0.2, -0.15) is 0 Å². The third-order valence-corrected chi connectivity index (χ3v) is 4.29. The Hall–Kier alpha value is -2.82. The summed E-state index contributed by atoms with van der Waals surface area (Å²) in [6, 6.07) is 13.2. The fraction of sp³-hybridized carbons (Fsp3) is 0.222. The largest absolute Gasteiger partial charge is 0.549 e. The number of para-hydroxylation sites is 1. The van der Waals surface area contributed by atoms with E-state index in [1.165, 1.54) is 12.0 Å². The van der Waals surface area contributed by atoms with Crippen LogP contribution in [0.2, 0.25) is 0 Å². The highest BCUT2D eigenvalue weighted by Gasteiger charge is 2.40. The maximum Gasteiger partial charge on any atom is 0.254 e. The monoisotopic (exact) mass is 310 g/mol. The van der Waals surface area contributed by atoms with Gasteiger partial charge in [0.05, 0.1) is 19.1 Å². The van der Waals surface area contributed by atoms with Crippen LogP contribution in [-0.2, 0) is 4.79 Å². The number of rotatable bonds is 3. The predicted molar refractivity (Wildman–Crippen MR) is 82.0 cm³/mol. The van der Waals surface area contributed by atoms with Crippen molar-refractivity contribution in [2.45, 2.75) is 12.0 Å². The molecule has 118 valence electrons. The molecule has 5 heteroatoms. The minimum Gasteiger partial charge on any atom is -0.549 e. The van der Waals surface area contributed by atoms with Gasteiger partial charge in [0.2, 0.25) is 0 Å². The molecule has 1 aliphatic rings. The highest BCUT2D eigenvalue weighted by atomic mass is 16.5. The Morgan fingerprint density at radius 3 is 2.35 bits per heavy atom. The molecule has 3 rings (SSSR count). The van der Waals surface area contributed by atoms with Crippen LogP contribution < -0.4 is 9.84 Å². The lowest BCUT2D eigenvalue weighted by Gasteiger charge is -2.41. The number of carbonyl (C=O) groups excluding carboxylic acids is 2. The summed E-state index contributed by atoms with van der Waals surface area (Å²) in [4.78, 5) is 25.9. The average Bonchev–Trinajstić information content (AvgIpc) is 2.57. The Balaban J connectivity index is 2.23. The molecule has 1 aliphatic heterocycles. The molecular formula is C18H16NO4-. The van der Waals surface area contributed by atoms with Gasteiger partial charge in [-0.3, -0.25) is 4.79 Å². The first-order chi connectivity index (χ1) is 11.1. The van der Waals surface area contributed by atoms with Crippen LogP contribution in [0.1, 0.15) is 33.4 Å². The van der Waals surface area contributed by atoms with Gasteiger partial charge in [0.25, 0.3) is 5.91 Å². The van der Waals surface area contributed by atoms with E-state index in [4.69, 9.17) is 4.74 Å². The van der Waals surface area contributed by atoms with Crippen LogP contribution in [0.25, 0.3) is 0 Å². The van der Waals surface area contributed by atoms with Crippen LogP contribution in [0.3, 0.4) is 0 Å². The van der Waals surface area contributed by atoms with E-state index in [0.717, 1.165) is 0 Å². The van der Waals surface area contributed by atoms with Gasteiger partial charge in [-0.25, -0.2) is 0 Å². The highest BCUT2D eigenvalue weighted by Crippen LogP contribution is 2.44. The number of benzene rings is 2. The second-order valence-corrected chi connectivity index (χ2v) is 5.49. The van der Waals surface area contributed by atoms with Crippen LogP contribution in [0.15, 0.2) is 48.5 Å². The van der Waals surface area contributed by atoms with Crippen molar-refractivity contribution < 1.29 is 19.4 Å². The molecule has 23 heavy (non-hydrogen) atoms. The number of methoxy groups -OCH3 is 1. The Kier molecular flexibility index (Phi) is 3.78. The number of hydrogen-bond donors (Lipinski definition) is 0. The second kappa shape index (κ2) is 5.76. The minimum absolute atomic E-state index is 0.214. The van der Waals surface area contributed by atoms with Crippen LogP contribution in [0.4, 0.5) is 0 Å². The van der Waals surface area contributed by atoms with Crippen molar-refractivity contribution in [1.29, 1.82) is 0 Å². The summed E-state index contributed by atoms with van der Waals surface area (Å²) in [5.41, 5.74) is 1.52. The molecule has 0 spiro atoms. The summed E-state index contributed by atoms with van der Waals surface area (Å²) in [7, 11) is 3.12. The van der Waals surface area contributed by atoms with Crippen molar-refractivity contribution in [3.8, 4) is 5.75 Å². The molecule has 0 saturated carbocycles. The molecule has 0 bridgehead atoms. The molecule has 2 unspecified atom stereocenters. The van der Waals surface area contributed by atoms with Crippen molar-refractivity contribution >= 4 is 11.9 Å². The van der Waals surface area contributed by atoms with Gasteiger partial charge in [-0.15, -0.1) is 0 Å². The van der Waals surface area contributed by atoms with Crippen molar-refractivity contribution in [3.63, 3.8) is 0 Å². The zero-order chi connectivity index (χ0) is 16.6. The van der Waals surface area contributed by atoms with E-state index in [1.54, 1.807) is 55.6 Å². The lowest BCUT2D eigenvalue weighted by Crippen LogP contribution is -2.46. The summed E-state index contributed by atoms with van der Waals surface area (Å²) in [5.74, 6) is -1.84. The van der Waals surface area contributed by atoms with E-state index in [-0.39, 0.29) is 5.91 Å². The smallest absolute Gasteiger partial charge is 0.254 e. The standard InChI is InChI=1S/C18H17NO4/c1-19-16(13-9-5-6-10-14(13)23-2)15(18(21)22)11-7-3-4-8-12(11)17(19)20/h3-10,15-16H,1-2H3,(H,21,22)/p-1. The Bertz CT molecular complexity index is 771. The zero-order valence-electron chi connectivity index (χ0n) is 12.9. The van der Waals surface area contributed by atoms with E-state index in [1.807, 2.05) is 0 Å². The highest BCUT2D eigenvalue weighted by molar-refractivity contribution is 6.00. The molecular weight excluding hydrogens is 294 g/mol. The van der Waals surface area contributed by atoms with Gasteiger partial charge in [-0.1, -0.05) is 36.4 Å². The van der Waals surface area contributed by atoms with Crippen LogP contribution in [-0.4, -0.2) is 30.9 Å². The molecule has 1 heterocycles. The molecule has 0 aliphatic carbocycles. The number of hydrogen-bond acceptors (Lipinski definition) is 4. The molecule has 1 amide bonds. The van der Waals surface area contributed by atoms with Gasteiger partial charge in [0.15, 0.2) is 0 Å². The molecule has 2 aromatic rings. The van der Waals surface area contributed by atoms with Gasteiger partial charge in [-0.05, 0) is 17.7 Å². The van der Waals surface area contributed by atoms with Gasteiger partial charge < -0.3 is 19.5 Å². The fourth-order valence-electron chi connectivity index (χ4n) is 3.23. The molecule has 5 nitrogen and oxygen atoms in total. The summed E-state index contributed by atoms with van der Waals surface area (Å²) in [5, 5.41) is 11.9. The number of fused-ring (bicyclic) bond motifs is 1. The summed E-state index contributed by atoms with van der Waals surface area (Å²) in [6.45, 7) is 0. The average molecular weight is 310 g/mol. The maximum absolute atomic E-state index is 12.6. The van der Waals surface area contributed by atoms with Crippen molar-refractivity contribution in [2.75, 3.05) is 14.2 Å². The lowest BCUT2D eigenvalue weighted by molar-refractivity contribution is -0.309. The van der Waals surface area contributed by atoms with Crippen molar-refractivity contribution in [3.05, 3.63) is 65.2 Å². The lowest BCUT2D eigenvalue weighted by atomic mass is 9.80. The van der Waals surface area contributed by atoms with Crippen LogP contribution in [0.5, 0.6) is 5.75 Å². The summed E-state index contributed by atoms with van der Waals surface area (Å²) < 4.78 is 5.35. The van der Waals surface area contributed by atoms with E-state index < -0.39 is 17.9 Å². The van der Waals surface area contributed by atoms with E-state index in [2.05, 4.69) is 0 Å². The molecule has 2 aromatic carbocycles. The molecule has 0 saturated heterocycles. The van der Waals surface area contributed by atoms with Crippen molar-refractivity contribution in [1.82, 2.24) is 4.90 Å². The first kappa shape index (κ1) is 15.1. The normalized spacial score (nSPS) is 20.1. The number of amides is 1. The summed E-state index contributed by atoms with van der Waals surface area (Å²) in [6.07, 6.45) is 0. The van der Waals surface area contributed by atoms with Gasteiger partial charge in [0.1, 0.15) is 5.75 Å². The van der Waals surface area contributed by atoms with Gasteiger partial charge >= 0.3 is 0 Å². The SMILES string of the molecule is COc1ccccc1C1C(C(=O)[O-])c2ccccc2C(=O)N1C. The van der Waals surface area contributed by atoms with E-state index in [9.17, 15) is 14.7 Å². The molecule has 0 N–H and O–H groups in total. The quantitative estimate of drug-likeness (QED) is 0.858. The number of nitrogens with zero attached hydrogens (tertiary/aromatic N) is 1. The zero-order valence-corrected chi connectivity index (χ0v) is 12.9. The molecule has 2 atom stereocenters. The summed E-state index contributed by atoms with van der Waals surface area (Å²) >= 11 is 0. The fourth-order valence-corrected chi connectivity index (χ4v) is 3.23. The second-order valence-electron chi connectivity index (χ2n) is 5.49. The number of aliphatic carboxylic acids is 1. The van der Waals surface area contributed by atoms with E-state index >= 15 is 0 Å². The molecule has 0 fully saturated rings. The van der Waals surface area contributed by atoms with E-state index in [0.29, 0.717) is 22.4 Å². The van der Waals surface area contributed by atoms with Crippen LogP contribution >= 0.6 is 0 Å². The molecule has 0 aromatic heterocycles. The van der Waals surface area contributed by atoms with Crippen molar-refractivity contribution in [2.24, 2.45) is 0 Å². The number of carboxylic acid groups (broad SMARTS) is 1. The third kappa shape index (κ3) is 2.34. The minimum atomic E-state index is -1.22. The maximum atomic E-state index is 12.6. The topological polar surface area (TPSA) is 69.7 Å². The Morgan fingerprint density at radius 1 is 1.09 bits per heavy atom. The number of carbonyl (C=O) groups is 2.